The lowest BCUT2D eigenvalue weighted by molar-refractivity contribution is -0.385. The number of aryl methyl sites for hydroxylation is 1. The van der Waals surface area contributed by atoms with Crippen LogP contribution >= 0.6 is 27.5 Å². The number of halogens is 2. The first-order valence-corrected chi connectivity index (χ1v) is 7.11. The van der Waals surface area contributed by atoms with Gasteiger partial charge in [0, 0.05) is 22.0 Å². The molecule has 2 aromatic rings. The summed E-state index contributed by atoms with van der Waals surface area (Å²) in [5, 5.41) is 10.8. The first-order chi connectivity index (χ1) is 9.51. The Bertz CT molecular complexity index is 661. The predicted octanol–water partition coefficient (Wildman–Crippen LogP) is 5.20. The Morgan fingerprint density at radius 3 is 2.45 bits per heavy atom. The fourth-order valence-electron chi connectivity index (χ4n) is 1.73. The minimum Gasteiger partial charge on any atom is -0.457 e. The fraction of sp³-hybridized carbons (Fsp3) is 0.143. The summed E-state index contributed by atoms with van der Waals surface area (Å²) in [6.45, 7) is 1.68. The standard InChI is InChI=1S/C14H11BrClNO3/c1-9-6-11(4-5-14(9)17(18)19)20-12-3-2-10(8-16)13(15)7-12/h2-7H,8H2,1H3. The van der Waals surface area contributed by atoms with Crippen molar-refractivity contribution in [2.24, 2.45) is 0 Å². The Kier molecular flexibility index (Phi) is 4.62. The highest BCUT2D eigenvalue weighted by Crippen LogP contribution is 2.30. The SMILES string of the molecule is Cc1cc(Oc2ccc(CCl)c(Br)c2)ccc1[N+](=O)[O-]. The molecule has 0 aromatic heterocycles. The van der Waals surface area contributed by atoms with Crippen molar-refractivity contribution in [3.05, 3.63) is 62.1 Å². The van der Waals surface area contributed by atoms with Gasteiger partial charge in [-0.2, -0.15) is 0 Å². The minimum absolute atomic E-state index is 0.0796. The number of nitrogens with zero attached hydrogens (tertiary/aromatic N) is 1. The molecule has 0 amide bonds. The van der Waals surface area contributed by atoms with Crippen LogP contribution in [0.2, 0.25) is 0 Å². The van der Waals surface area contributed by atoms with Crippen LogP contribution in [-0.4, -0.2) is 4.92 Å². The summed E-state index contributed by atoms with van der Waals surface area (Å²) in [6.07, 6.45) is 0. The van der Waals surface area contributed by atoms with E-state index < -0.39 is 4.92 Å². The van der Waals surface area contributed by atoms with Gasteiger partial charge in [0.05, 0.1) is 4.92 Å². The van der Waals surface area contributed by atoms with Crippen molar-refractivity contribution in [2.75, 3.05) is 0 Å². The van der Waals surface area contributed by atoms with Gasteiger partial charge in [-0.1, -0.05) is 22.0 Å². The van der Waals surface area contributed by atoms with E-state index in [4.69, 9.17) is 16.3 Å². The van der Waals surface area contributed by atoms with Crippen molar-refractivity contribution in [1.29, 1.82) is 0 Å². The van der Waals surface area contributed by atoms with E-state index in [2.05, 4.69) is 15.9 Å². The third kappa shape index (κ3) is 3.29. The van der Waals surface area contributed by atoms with E-state index in [-0.39, 0.29) is 5.69 Å². The molecular weight excluding hydrogens is 346 g/mol. The first-order valence-electron chi connectivity index (χ1n) is 5.78. The highest BCUT2D eigenvalue weighted by atomic mass is 79.9. The summed E-state index contributed by atoms with van der Waals surface area (Å²) in [6, 6.07) is 10.1. The lowest BCUT2D eigenvalue weighted by atomic mass is 10.2. The molecule has 4 nitrogen and oxygen atoms in total. The van der Waals surface area contributed by atoms with E-state index in [1.54, 1.807) is 25.1 Å². The van der Waals surface area contributed by atoms with Gasteiger partial charge in [-0.25, -0.2) is 0 Å². The molecule has 0 fully saturated rings. The number of ether oxygens (including phenoxy) is 1. The van der Waals surface area contributed by atoms with Gasteiger partial charge < -0.3 is 4.74 Å². The number of nitro groups is 1. The Morgan fingerprint density at radius 1 is 1.25 bits per heavy atom. The van der Waals surface area contributed by atoms with Crippen LogP contribution < -0.4 is 4.74 Å². The summed E-state index contributed by atoms with van der Waals surface area (Å²) < 4.78 is 6.54. The molecule has 0 aliphatic heterocycles. The number of benzene rings is 2. The number of alkyl halides is 1. The summed E-state index contributed by atoms with van der Waals surface area (Å²) in [5.41, 5.74) is 1.61. The zero-order valence-corrected chi connectivity index (χ0v) is 12.9. The van der Waals surface area contributed by atoms with Gasteiger partial charge in [-0.3, -0.25) is 10.1 Å². The van der Waals surface area contributed by atoms with Crippen LogP contribution in [0.15, 0.2) is 40.9 Å². The fourth-order valence-corrected chi connectivity index (χ4v) is 2.62. The van der Waals surface area contributed by atoms with E-state index in [9.17, 15) is 10.1 Å². The van der Waals surface area contributed by atoms with Gasteiger partial charge in [-0.15, -0.1) is 11.6 Å². The number of hydrogen-bond acceptors (Lipinski definition) is 3. The second kappa shape index (κ2) is 6.24. The molecule has 20 heavy (non-hydrogen) atoms. The molecule has 0 atom stereocenters. The van der Waals surface area contributed by atoms with Gasteiger partial charge in [-0.05, 0) is 36.8 Å². The Morgan fingerprint density at radius 2 is 1.90 bits per heavy atom. The molecular formula is C14H11BrClNO3. The van der Waals surface area contributed by atoms with Crippen molar-refractivity contribution in [3.8, 4) is 11.5 Å². The maximum absolute atomic E-state index is 10.8. The van der Waals surface area contributed by atoms with Crippen molar-refractivity contribution < 1.29 is 9.66 Å². The molecule has 0 unspecified atom stereocenters. The smallest absolute Gasteiger partial charge is 0.272 e. The summed E-state index contributed by atoms with van der Waals surface area (Å²) >= 11 is 9.19. The van der Waals surface area contributed by atoms with E-state index >= 15 is 0 Å². The van der Waals surface area contributed by atoms with Crippen molar-refractivity contribution in [1.82, 2.24) is 0 Å². The van der Waals surface area contributed by atoms with Crippen LogP contribution in [0.4, 0.5) is 5.69 Å². The highest BCUT2D eigenvalue weighted by molar-refractivity contribution is 9.10. The van der Waals surface area contributed by atoms with Gasteiger partial charge in [0.15, 0.2) is 0 Å². The summed E-state index contributed by atoms with van der Waals surface area (Å²) in [4.78, 5) is 10.3. The zero-order valence-electron chi connectivity index (χ0n) is 10.6. The molecule has 0 N–H and O–H groups in total. The van der Waals surface area contributed by atoms with Crippen LogP contribution in [0.1, 0.15) is 11.1 Å². The molecule has 104 valence electrons. The van der Waals surface area contributed by atoms with Gasteiger partial charge in [0.1, 0.15) is 11.5 Å². The third-order valence-corrected chi connectivity index (χ3v) is 3.80. The van der Waals surface area contributed by atoms with Gasteiger partial charge in [0.2, 0.25) is 0 Å². The monoisotopic (exact) mass is 355 g/mol. The predicted molar refractivity (Wildman–Crippen MR) is 81.6 cm³/mol. The molecule has 0 radical (unpaired) electrons. The van der Waals surface area contributed by atoms with E-state index in [1.807, 2.05) is 12.1 Å². The molecule has 0 aliphatic carbocycles. The van der Waals surface area contributed by atoms with Gasteiger partial charge in [0.25, 0.3) is 5.69 Å². The molecule has 0 aliphatic rings. The number of nitro benzene ring substituents is 1. The maximum atomic E-state index is 10.8. The van der Waals surface area contributed by atoms with Crippen molar-refractivity contribution >= 4 is 33.2 Å². The molecule has 0 bridgehead atoms. The second-order valence-corrected chi connectivity index (χ2v) is 5.32. The zero-order chi connectivity index (χ0) is 14.7. The lowest BCUT2D eigenvalue weighted by Crippen LogP contribution is -1.92. The van der Waals surface area contributed by atoms with E-state index in [0.717, 1.165) is 10.0 Å². The average Bonchev–Trinajstić information content (AvgIpc) is 2.38. The van der Waals surface area contributed by atoms with E-state index in [0.29, 0.717) is 22.9 Å². The Hall–Kier alpha value is -1.59. The first kappa shape index (κ1) is 14.8. The summed E-state index contributed by atoms with van der Waals surface area (Å²) in [7, 11) is 0. The molecule has 0 spiro atoms. The van der Waals surface area contributed by atoms with Crippen LogP contribution in [0.25, 0.3) is 0 Å². The number of hydrogen-bond donors (Lipinski definition) is 0. The van der Waals surface area contributed by atoms with Crippen molar-refractivity contribution in [2.45, 2.75) is 12.8 Å². The highest BCUT2D eigenvalue weighted by Gasteiger charge is 2.11. The van der Waals surface area contributed by atoms with Crippen LogP contribution in [0.3, 0.4) is 0 Å². The molecule has 0 heterocycles. The lowest BCUT2D eigenvalue weighted by Gasteiger charge is -2.08. The summed E-state index contributed by atoms with van der Waals surface area (Å²) in [5.74, 6) is 1.61. The minimum atomic E-state index is -0.412. The van der Waals surface area contributed by atoms with Crippen LogP contribution in [0.5, 0.6) is 11.5 Å². The quantitative estimate of drug-likeness (QED) is 0.430. The molecule has 2 rings (SSSR count). The molecule has 6 heteroatoms. The second-order valence-electron chi connectivity index (χ2n) is 4.19. The van der Waals surface area contributed by atoms with Crippen LogP contribution in [-0.2, 0) is 5.88 Å². The topological polar surface area (TPSA) is 52.4 Å². The molecule has 0 saturated heterocycles. The van der Waals surface area contributed by atoms with Crippen LogP contribution in [0, 0.1) is 17.0 Å². The number of rotatable bonds is 4. The van der Waals surface area contributed by atoms with Crippen molar-refractivity contribution in [3.63, 3.8) is 0 Å². The largest absolute Gasteiger partial charge is 0.457 e. The average molecular weight is 357 g/mol. The molecule has 0 saturated carbocycles. The van der Waals surface area contributed by atoms with E-state index in [1.165, 1.54) is 6.07 Å². The third-order valence-electron chi connectivity index (χ3n) is 2.77. The maximum Gasteiger partial charge on any atom is 0.272 e. The Labute approximate surface area is 129 Å². The Balaban J connectivity index is 2.24. The van der Waals surface area contributed by atoms with Gasteiger partial charge >= 0.3 is 0 Å². The molecule has 2 aromatic carbocycles. The normalized spacial score (nSPS) is 10.3.